The van der Waals surface area contributed by atoms with Crippen molar-refractivity contribution in [3.63, 3.8) is 0 Å². The minimum Gasteiger partial charge on any atom is -0.366 e. The topological polar surface area (TPSA) is 73.3 Å². The molecule has 3 aromatic carbocycles. The Hall–Kier alpha value is -3.99. The number of nitrogens with two attached hydrogens (primary N) is 1. The Morgan fingerprint density at radius 2 is 1.52 bits per heavy atom. The van der Waals surface area contributed by atoms with Crippen LogP contribution in [0.15, 0.2) is 78.9 Å². The molecule has 5 heteroatoms. The maximum absolute atomic E-state index is 11.7. The van der Waals surface area contributed by atoms with E-state index < -0.39 is 5.91 Å². The summed E-state index contributed by atoms with van der Waals surface area (Å²) in [5.41, 5.74) is 12.2. The van der Waals surface area contributed by atoms with Crippen molar-refractivity contribution in [1.82, 2.24) is 14.4 Å². The van der Waals surface area contributed by atoms with Crippen molar-refractivity contribution in [2.75, 3.05) is 0 Å². The lowest BCUT2D eigenvalue weighted by Gasteiger charge is -2.11. The van der Waals surface area contributed by atoms with Gasteiger partial charge in [-0.1, -0.05) is 60.7 Å². The van der Waals surface area contributed by atoms with E-state index in [9.17, 15) is 4.79 Å². The molecule has 0 aliphatic heterocycles. The molecule has 1 amide bonds. The van der Waals surface area contributed by atoms with Gasteiger partial charge in [0, 0.05) is 16.7 Å². The maximum atomic E-state index is 11.7. The fraction of sp³-hybridized carbons (Fsp3) is 0.0417. The minimum atomic E-state index is -0.472. The number of aryl methyl sites for hydroxylation is 1. The number of rotatable bonds is 3. The van der Waals surface area contributed by atoms with Crippen LogP contribution < -0.4 is 5.73 Å². The van der Waals surface area contributed by atoms with Gasteiger partial charge in [0.25, 0.3) is 0 Å². The van der Waals surface area contributed by atoms with Gasteiger partial charge in [-0.05, 0) is 25.1 Å². The van der Waals surface area contributed by atoms with Gasteiger partial charge in [-0.2, -0.15) is 0 Å². The second kappa shape index (κ2) is 6.56. The molecular weight excluding hydrogens is 360 g/mol. The molecule has 2 aromatic heterocycles. The zero-order valence-electron chi connectivity index (χ0n) is 15.8. The van der Waals surface area contributed by atoms with E-state index in [1.165, 1.54) is 0 Å². The number of aromatic nitrogens is 3. The van der Waals surface area contributed by atoms with Crippen LogP contribution in [0.4, 0.5) is 0 Å². The molecule has 140 valence electrons. The number of nitrogens with zero attached hydrogens (tertiary/aromatic N) is 3. The summed E-state index contributed by atoms with van der Waals surface area (Å²) in [4.78, 5) is 21.5. The highest BCUT2D eigenvalue weighted by atomic mass is 16.1. The lowest BCUT2D eigenvalue weighted by atomic mass is 10.1. The lowest BCUT2D eigenvalue weighted by molar-refractivity contribution is 0.100. The monoisotopic (exact) mass is 378 g/mol. The van der Waals surface area contributed by atoms with E-state index in [4.69, 9.17) is 15.7 Å². The zero-order valence-corrected chi connectivity index (χ0v) is 15.8. The Kier molecular flexibility index (Phi) is 3.88. The molecule has 5 nitrogen and oxygen atoms in total. The van der Waals surface area contributed by atoms with Crippen LogP contribution in [0.25, 0.3) is 39.2 Å². The molecule has 29 heavy (non-hydrogen) atoms. The fourth-order valence-corrected chi connectivity index (χ4v) is 3.75. The third-order valence-electron chi connectivity index (χ3n) is 5.09. The van der Waals surface area contributed by atoms with Crippen molar-refractivity contribution < 1.29 is 4.79 Å². The largest absolute Gasteiger partial charge is 0.366 e. The van der Waals surface area contributed by atoms with Crippen LogP contribution in [0.5, 0.6) is 0 Å². The van der Waals surface area contributed by atoms with Crippen molar-refractivity contribution in [2.45, 2.75) is 6.92 Å². The van der Waals surface area contributed by atoms with Crippen molar-refractivity contribution in [3.05, 3.63) is 90.1 Å². The molecule has 0 atom stereocenters. The first-order valence-corrected chi connectivity index (χ1v) is 9.37. The summed E-state index contributed by atoms with van der Waals surface area (Å²) in [5, 5.41) is 0. The highest BCUT2D eigenvalue weighted by Crippen LogP contribution is 2.33. The summed E-state index contributed by atoms with van der Waals surface area (Å²) < 4.78 is 2.13. The number of primary amides is 1. The molecule has 0 saturated heterocycles. The number of benzene rings is 3. The average Bonchev–Trinajstić information content (AvgIpc) is 3.11. The molecule has 0 saturated carbocycles. The highest BCUT2D eigenvalue weighted by Gasteiger charge is 2.19. The van der Waals surface area contributed by atoms with Gasteiger partial charge in [-0.25, -0.2) is 9.97 Å². The predicted octanol–water partition coefficient (Wildman–Crippen LogP) is 4.62. The zero-order chi connectivity index (χ0) is 20.0. The van der Waals surface area contributed by atoms with E-state index in [-0.39, 0.29) is 0 Å². The molecule has 2 N–H and O–H groups in total. The normalized spacial score (nSPS) is 11.2. The van der Waals surface area contributed by atoms with Gasteiger partial charge in [-0.15, -0.1) is 0 Å². The van der Waals surface area contributed by atoms with Crippen LogP contribution in [0.2, 0.25) is 0 Å². The average molecular weight is 378 g/mol. The second-order valence-electron chi connectivity index (χ2n) is 6.97. The third-order valence-corrected chi connectivity index (χ3v) is 5.09. The SMILES string of the molecule is Cc1nc(-c2ccccc2)n2c1c(-c1ccccc1)nc1cc(C(N)=O)ccc12. The lowest BCUT2D eigenvalue weighted by Crippen LogP contribution is -2.11. The standard InChI is InChI=1S/C24H18N4O/c1-15-22-21(16-8-4-2-5-9-16)27-19-14-18(23(25)29)12-13-20(19)28(22)24(26-15)17-10-6-3-7-11-17/h2-14H,1H3,(H2,25,29). The Morgan fingerprint density at radius 1 is 0.862 bits per heavy atom. The number of carbonyl (C=O) groups is 1. The smallest absolute Gasteiger partial charge is 0.248 e. The number of amides is 1. The first-order valence-electron chi connectivity index (χ1n) is 9.37. The van der Waals surface area contributed by atoms with Crippen LogP contribution in [0, 0.1) is 6.92 Å². The Bertz CT molecular complexity index is 1370. The summed E-state index contributed by atoms with van der Waals surface area (Å²) in [6, 6.07) is 25.4. The summed E-state index contributed by atoms with van der Waals surface area (Å²) in [6.07, 6.45) is 0. The number of hydrogen-bond acceptors (Lipinski definition) is 3. The molecule has 0 spiro atoms. The molecule has 0 radical (unpaired) electrons. The molecule has 5 rings (SSSR count). The highest BCUT2D eigenvalue weighted by molar-refractivity contribution is 5.98. The summed E-state index contributed by atoms with van der Waals surface area (Å²) in [6.45, 7) is 2.00. The van der Waals surface area contributed by atoms with Crippen LogP contribution in [-0.2, 0) is 0 Å². The molecule has 2 heterocycles. The van der Waals surface area contributed by atoms with Gasteiger partial charge in [0.2, 0.25) is 5.91 Å². The van der Waals surface area contributed by atoms with E-state index in [2.05, 4.69) is 4.40 Å². The molecule has 0 bridgehead atoms. The van der Waals surface area contributed by atoms with Gasteiger partial charge in [0.1, 0.15) is 5.82 Å². The van der Waals surface area contributed by atoms with Crippen molar-refractivity contribution in [3.8, 4) is 22.6 Å². The number of hydrogen-bond donors (Lipinski definition) is 1. The number of fused-ring (bicyclic) bond motifs is 3. The van der Waals surface area contributed by atoms with Gasteiger partial charge in [0.15, 0.2) is 0 Å². The second-order valence-corrected chi connectivity index (χ2v) is 6.97. The molecule has 5 aromatic rings. The molecule has 0 aliphatic carbocycles. The van der Waals surface area contributed by atoms with Crippen molar-refractivity contribution >= 4 is 22.5 Å². The van der Waals surface area contributed by atoms with E-state index >= 15 is 0 Å². The molecule has 0 unspecified atom stereocenters. The van der Waals surface area contributed by atoms with Crippen LogP contribution >= 0.6 is 0 Å². The van der Waals surface area contributed by atoms with Gasteiger partial charge >= 0.3 is 0 Å². The van der Waals surface area contributed by atoms with E-state index in [1.54, 1.807) is 12.1 Å². The van der Waals surface area contributed by atoms with Gasteiger partial charge in [0.05, 0.1) is 27.9 Å². The van der Waals surface area contributed by atoms with E-state index in [1.807, 2.05) is 73.7 Å². The van der Waals surface area contributed by atoms with Crippen LogP contribution in [0.3, 0.4) is 0 Å². The number of carbonyl (C=O) groups excluding carboxylic acids is 1. The Morgan fingerprint density at radius 3 is 2.17 bits per heavy atom. The van der Waals surface area contributed by atoms with E-state index in [0.29, 0.717) is 11.1 Å². The number of imidazole rings is 1. The Labute approximate surface area is 167 Å². The quantitative estimate of drug-likeness (QED) is 0.498. The summed E-state index contributed by atoms with van der Waals surface area (Å²) >= 11 is 0. The fourth-order valence-electron chi connectivity index (χ4n) is 3.75. The van der Waals surface area contributed by atoms with Crippen molar-refractivity contribution in [1.29, 1.82) is 0 Å². The van der Waals surface area contributed by atoms with Gasteiger partial charge in [-0.3, -0.25) is 9.20 Å². The first kappa shape index (κ1) is 17.1. The van der Waals surface area contributed by atoms with E-state index in [0.717, 1.165) is 39.4 Å². The van der Waals surface area contributed by atoms with Crippen LogP contribution in [0.1, 0.15) is 16.1 Å². The molecule has 0 aliphatic rings. The predicted molar refractivity (Wildman–Crippen MR) is 115 cm³/mol. The Balaban J connectivity index is 1.96. The maximum Gasteiger partial charge on any atom is 0.248 e. The first-order chi connectivity index (χ1) is 14.1. The summed E-state index contributed by atoms with van der Waals surface area (Å²) in [5.74, 6) is 0.370. The van der Waals surface area contributed by atoms with Crippen LogP contribution in [-0.4, -0.2) is 20.3 Å². The molecular formula is C24H18N4O. The van der Waals surface area contributed by atoms with Crippen molar-refractivity contribution in [2.24, 2.45) is 5.73 Å². The minimum absolute atomic E-state index is 0.432. The third kappa shape index (κ3) is 2.75. The molecule has 0 fully saturated rings. The van der Waals surface area contributed by atoms with Gasteiger partial charge < -0.3 is 5.73 Å². The summed E-state index contributed by atoms with van der Waals surface area (Å²) in [7, 11) is 0.